The van der Waals surface area contributed by atoms with Crippen LogP contribution < -0.4 is 15.0 Å². The van der Waals surface area contributed by atoms with Gasteiger partial charge in [-0.2, -0.15) is 9.78 Å². The van der Waals surface area contributed by atoms with Crippen LogP contribution in [0.15, 0.2) is 73.4 Å². The SMILES string of the molecule is CCOc1cc(C=Nn2c(CC)nc3ccc(Br)cc3c2=O)c(Br)cc1OCc1cccc(F)c1. The zero-order chi connectivity index (χ0) is 24.9. The van der Waals surface area contributed by atoms with Crippen molar-refractivity contribution in [2.75, 3.05) is 6.61 Å². The molecule has 0 aliphatic heterocycles. The number of aromatic nitrogens is 2. The van der Waals surface area contributed by atoms with Crippen LogP contribution in [-0.4, -0.2) is 22.5 Å². The van der Waals surface area contributed by atoms with E-state index in [1.165, 1.54) is 16.8 Å². The van der Waals surface area contributed by atoms with E-state index in [0.29, 0.717) is 56.9 Å². The van der Waals surface area contributed by atoms with E-state index in [1.807, 2.05) is 26.0 Å². The van der Waals surface area contributed by atoms with E-state index in [-0.39, 0.29) is 18.0 Å². The highest BCUT2D eigenvalue weighted by atomic mass is 79.9. The van der Waals surface area contributed by atoms with Crippen molar-refractivity contribution in [1.29, 1.82) is 0 Å². The molecule has 0 radical (unpaired) electrons. The van der Waals surface area contributed by atoms with E-state index in [4.69, 9.17) is 9.47 Å². The molecule has 0 amide bonds. The molecular weight excluding hydrogens is 581 g/mol. The Kier molecular flexibility index (Phi) is 7.97. The van der Waals surface area contributed by atoms with Crippen molar-refractivity contribution in [2.45, 2.75) is 26.9 Å². The highest BCUT2D eigenvalue weighted by Gasteiger charge is 2.13. The van der Waals surface area contributed by atoms with Gasteiger partial charge in [-0.3, -0.25) is 4.79 Å². The van der Waals surface area contributed by atoms with Crippen molar-refractivity contribution >= 4 is 49.0 Å². The highest BCUT2D eigenvalue weighted by molar-refractivity contribution is 9.10. The number of nitrogens with zero attached hydrogens (tertiary/aromatic N) is 3. The number of rotatable bonds is 8. The van der Waals surface area contributed by atoms with Crippen LogP contribution in [0.3, 0.4) is 0 Å². The lowest BCUT2D eigenvalue weighted by Gasteiger charge is -2.14. The lowest BCUT2D eigenvalue weighted by Crippen LogP contribution is -2.22. The van der Waals surface area contributed by atoms with E-state index in [2.05, 4.69) is 41.9 Å². The summed E-state index contributed by atoms with van der Waals surface area (Å²) in [6.45, 7) is 4.41. The Morgan fingerprint density at radius 3 is 2.60 bits per heavy atom. The Balaban J connectivity index is 1.68. The molecular formula is C26H22Br2FN3O3. The van der Waals surface area contributed by atoms with Crippen LogP contribution in [0.5, 0.6) is 11.5 Å². The minimum absolute atomic E-state index is 0.186. The average Bonchev–Trinajstić information content (AvgIpc) is 2.84. The molecule has 4 rings (SSSR count). The van der Waals surface area contributed by atoms with Crippen molar-refractivity contribution in [3.05, 3.63) is 96.7 Å². The number of ether oxygens (including phenoxy) is 2. The molecule has 0 saturated carbocycles. The lowest BCUT2D eigenvalue weighted by atomic mass is 10.2. The van der Waals surface area contributed by atoms with Crippen LogP contribution in [0.25, 0.3) is 10.9 Å². The molecule has 0 aliphatic rings. The molecule has 0 spiro atoms. The van der Waals surface area contributed by atoms with Crippen molar-refractivity contribution < 1.29 is 13.9 Å². The van der Waals surface area contributed by atoms with Crippen molar-refractivity contribution in [1.82, 2.24) is 9.66 Å². The normalized spacial score (nSPS) is 11.3. The maximum absolute atomic E-state index is 13.5. The number of halogens is 3. The molecule has 180 valence electrons. The van der Waals surface area contributed by atoms with Gasteiger partial charge in [0.2, 0.25) is 0 Å². The Morgan fingerprint density at radius 1 is 1.06 bits per heavy atom. The minimum Gasteiger partial charge on any atom is -0.490 e. The number of benzene rings is 3. The van der Waals surface area contributed by atoms with Gasteiger partial charge in [0.1, 0.15) is 18.2 Å². The third-order valence-electron chi connectivity index (χ3n) is 5.15. The maximum Gasteiger partial charge on any atom is 0.282 e. The first-order valence-corrected chi connectivity index (χ1v) is 12.6. The van der Waals surface area contributed by atoms with Gasteiger partial charge in [0.25, 0.3) is 5.56 Å². The fourth-order valence-electron chi connectivity index (χ4n) is 3.48. The Labute approximate surface area is 218 Å². The third kappa shape index (κ3) is 5.79. The molecule has 0 bridgehead atoms. The van der Waals surface area contributed by atoms with E-state index < -0.39 is 0 Å². The Bertz CT molecular complexity index is 1470. The molecule has 0 atom stereocenters. The molecule has 0 saturated heterocycles. The van der Waals surface area contributed by atoms with Crippen LogP contribution >= 0.6 is 31.9 Å². The summed E-state index contributed by atoms with van der Waals surface area (Å²) in [6.07, 6.45) is 2.12. The number of hydrogen-bond donors (Lipinski definition) is 0. The van der Waals surface area contributed by atoms with Crippen molar-refractivity contribution in [2.24, 2.45) is 5.10 Å². The second-order valence-corrected chi connectivity index (χ2v) is 9.35. The average molecular weight is 603 g/mol. The van der Waals surface area contributed by atoms with Crippen LogP contribution in [0.2, 0.25) is 0 Å². The Hall–Kier alpha value is -3.04. The molecule has 3 aromatic carbocycles. The number of fused-ring (bicyclic) bond motifs is 1. The summed E-state index contributed by atoms with van der Waals surface area (Å²) < 4.78 is 28.0. The Morgan fingerprint density at radius 2 is 1.86 bits per heavy atom. The van der Waals surface area contributed by atoms with E-state index >= 15 is 0 Å². The third-order valence-corrected chi connectivity index (χ3v) is 6.33. The predicted octanol–water partition coefficient (Wildman–Crippen LogP) is 6.48. The monoisotopic (exact) mass is 601 g/mol. The quantitative estimate of drug-likeness (QED) is 0.216. The first-order valence-electron chi connectivity index (χ1n) is 11.0. The molecule has 9 heteroatoms. The van der Waals surface area contributed by atoms with Crippen LogP contribution in [0, 0.1) is 5.82 Å². The van der Waals surface area contributed by atoms with Crippen LogP contribution in [0.1, 0.15) is 30.8 Å². The molecule has 0 N–H and O–H groups in total. The van der Waals surface area contributed by atoms with Gasteiger partial charge in [-0.15, -0.1) is 0 Å². The molecule has 4 aromatic rings. The second kappa shape index (κ2) is 11.1. The smallest absolute Gasteiger partial charge is 0.282 e. The summed E-state index contributed by atoms with van der Waals surface area (Å²) in [5.41, 5.74) is 1.77. The van der Waals surface area contributed by atoms with E-state index in [1.54, 1.807) is 36.5 Å². The summed E-state index contributed by atoms with van der Waals surface area (Å²) in [6, 6.07) is 15.2. The summed E-state index contributed by atoms with van der Waals surface area (Å²) >= 11 is 6.96. The molecule has 0 aliphatic carbocycles. The van der Waals surface area contributed by atoms with Gasteiger partial charge in [0.15, 0.2) is 11.5 Å². The molecule has 0 unspecified atom stereocenters. The lowest BCUT2D eigenvalue weighted by molar-refractivity contribution is 0.269. The van der Waals surface area contributed by atoms with Crippen molar-refractivity contribution in [3.63, 3.8) is 0 Å². The zero-order valence-electron chi connectivity index (χ0n) is 19.1. The molecule has 6 nitrogen and oxygen atoms in total. The van der Waals surface area contributed by atoms with Crippen LogP contribution in [0.4, 0.5) is 4.39 Å². The fourth-order valence-corrected chi connectivity index (χ4v) is 4.27. The number of aryl methyl sites for hydroxylation is 1. The maximum atomic E-state index is 13.5. The molecule has 0 fully saturated rings. The van der Waals surface area contributed by atoms with Gasteiger partial charge in [-0.05, 0) is 70.9 Å². The van der Waals surface area contributed by atoms with Gasteiger partial charge in [0, 0.05) is 20.9 Å². The first-order chi connectivity index (χ1) is 16.9. The molecule has 1 aromatic heterocycles. The largest absolute Gasteiger partial charge is 0.490 e. The fraction of sp³-hybridized carbons (Fsp3) is 0.192. The van der Waals surface area contributed by atoms with Crippen LogP contribution in [-0.2, 0) is 13.0 Å². The van der Waals surface area contributed by atoms with Gasteiger partial charge in [-0.1, -0.05) is 35.0 Å². The van der Waals surface area contributed by atoms with Gasteiger partial charge < -0.3 is 9.47 Å². The minimum atomic E-state index is -0.318. The summed E-state index contributed by atoms with van der Waals surface area (Å²) in [4.78, 5) is 17.7. The zero-order valence-corrected chi connectivity index (χ0v) is 22.3. The standard InChI is InChI=1S/C26H22Br2FN3O3/c1-3-25-31-22-9-8-18(27)12-20(22)26(33)32(25)30-14-17-11-23(34-4-2)24(13-21(17)28)35-15-16-6-5-7-19(29)10-16/h5-14H,3-4,15H2,1-2H3. The predicted molar refractivity (Wildman–Crippen MR) is 142 cm³/mol. The van der Waals surface area contributed by atoms with Gasteiger partial charge >= 0.3 is 0 Å². The molecule has 1 heterocycles. The summed E-state index contributed by atoms with van der Waals surface area (Å²) in [5.74, 6) is 1.25. The number of hydrogen-bond acceptors (Lipinski definition) is 5. The highest BCUT2D eigenvalue weighted by Crippen LogP contribution is 2.34. The van der Waals surface area contributed by atoms with Gasteiger partial charge in [-0.25, -0.2) is 9.37 Å². The molecule has 35 heavy (non-hydrogen) atoms. The summed E-state index contributed by atoms with van der Waals surface area (Å²) in [5, 5.41) is 4.93. The summed E-state index contributed by atoms with van der Waals surface area (Å²) in [7, 11) is 0. The van der Waals surface area contributed by atoms with Gasteiger partial charge in [0.05, 0.1) is 23.7 Å². The van der Waals surface area contributed by atoms with E-state index in [9.17, 15) is 9.18 Å². The topological polar surface area (TPSA) is 65.7 Å². The van der Waals surface area contributed by atoms with E-state index in [0.717, 1.165) is 4.47 Å². The van der Waals surface area contributed by atoms with Crippen molar-refractivity contribution in [3.8, 4) is 11.5 Å². The second-order valence-electron chi connectivity index (χ2n) is 7.58. The first kappa shape index (κ1) is 25.1.